The third kappa shape index (κ3) is 4.46. The van der Waals surface area contributed by atoms with Gasteiger partial charge in [-0.1, -0.05) is 19.8 Å². The third-order valence-corrected chi connectivity index (χ3v) is 2.60. The quantitative estimate of drug-likeness (QED) is 0.473. The SMILES string of the molecule is CCCCCOc1ccc(C(=N)N)cc1C(F)(F)F. The molecule has 0 aliphatic carbocycles. The molecule has 0 radical (unpaired) electrons. The highest BCUT2D eigenvalue weighted by molar-refractivity contribution is 5.95. The number of hydrogen-bond acceptors (Lipinski definition) is 2. The van der Waals surface area contributed by atoms with Crippen LogP contribution in [-0.2, 0) is 6.18 Å². The molecular formula is C13H17F3N2O. The Hall–Kier alpha value is -1.72. The molecule has 3 N–H and O–H groups in total. The van der Waals surface area contributed by atoms with Gasteiger partial charge in [-0.05, 0) is 24.6 Å². The highest BCUT2D eigenvalue weighted by Gasteiger charge is 2.34. The van der Waals surface area contributed by atoms with Crippen LogP contribution >= 0.6 is 0 Å². The Morgan fingerprint density at radius 1 is 1.32 bits per heavy atom. The first-order valence-corrected chi connectivity index (χ1v) is 6.04. The average Bonchev–Trinajstić information content (AvgIpc) is 2.33. The van der Waals surface area contributed by atoms with Crippen LogP contribution in [0.1, 0.15) is 37.3 Å². The van der Waals surface area contributed by atoms with Crippen LogP contribution in [0.15, 0.2) is 18.2 Å². The van der Waals surface area contributed by atoms with Gasteiger partial charge in [0, 0.05) is 5.56 Å². The van der Waals surface area contributed by atoms with Crippen molar-refractivity contribution >= 4 is 5.84 Å². The fourth-order valence-corrected chi connectivity index (χ4v) is 1.58. The number of nitrogen functional groups attached to an aromatic ring is 1. The minimum Gasteiger partial charge on any atom is -0.493 e. The molecule has 0 unspecified atom stereocenters. The number of ether oxygens (including phenoxy) is 1. The molecule has 19 heavy (non-hydrogen) atoms. The van der Waals surface area contributed by atoms with Crippen LogP contribution in [0.2, 0.25) is 0 Å². The maximum Gasteiger partial charge on any atom is 0.419 e. The van der Waals surface area contributed by atoms with Gasteiger partial charge in [-0.2, -0.15) is 13.2 Å². The molecular weight excluding hydrogens is 257 g/mol. The highest BCUT2D eigenvalue weighted by atomic mass is 19.4. The second kappa shape index (κ2) is 6.45. The first kappa shape index (κ1) is 15.3. The summed E-state index contributed by atoms with van der Waals surface area (Å²) in [5.41, 5.74) is 4.33. The number of nitrogens with one attached hydrogen (secondary N) is 1. The second-order valence-electron chi connectivity index (χ2n) is 4.18. The van der Waals surface area contributed by atoms with Gasteiger partial charge in [-0.25, -0.2) is 0 Å². The van der Waals surface area contributed by atoms with Crippen LogP contribution < -0.4 is 10.5 Å². The molecule has 0 spiro atoms. The van der Waals surface area contributed by atoms with E-state index in [1.165, 1.54) is 12.1 Å². The lowest BCUT2D eigenvalue weighted by atomic mass is 10.1. The van der Waals surface area contributed by atoms with Crippen LogP contribution in [0, 0.1) is 5.41 Å². The Kier molecular flexibility index (Phi) is 5.20. The Bertz CT molecular complexity index is 444. The van der Waals surface area contributed by atoms with Crippen molar-refractivity contribution in [3.8, 4) is 5.75 Å². The van der Waals surface area contributed by atoms with Gasteiger partial charge < -0.3 is 10.5 Å². The molecule has 0 aliphatic rings. The molecule has 3 nitrogen and oxygen atoms in total. The number of rotatable bonds is 6. The van der Waals surface area contributed by atoms with Crippen LogP contribution in [0.5, 0.6) is 5.75 Å². The zero-order chi connectivity index (χ0) is 14.5. The minimum atomic E-state index is -4.52. The Morgan fingerprint density at radius 2 is 2.00 bits per heavy atom. The molecule has 0 aliphatic heterocycles. The van der Waals surface area contributed by atoms with Crippen LogP contribution in [0.25, 0.3) is 0 Å². The molecule has 0 saturated carbocycles. The molecule has 0 atom stereocenters. The summed E-state index contributed by atoms with van der Waals surface area (Å²) in [6.07, 6.45) is -1.93. The number of amidine groups is 1. The van der Waals surface area contributed by atoms with Crippen molar-refractivity contribution in [2.75, 3.05) is 6.61 Å². The summed E-state index contributed by atoms with van der Waals surface area (Å²) >= 11 is 0. The first-order valence-electron chi connectivity index (χ1n) is 6.04. The van der Waals surface area contributed by atoms with Gasteiger partial charge >= 0.3 is 6.18 Å². The summed E-state index contributed by atoms with van der Waals surface area (Å²) in [6.45, 7) is 2.25. The zero-order valence-electron chi connectivity index (χ0n) is 10.7. The topological polar surface area (TPSA) is 59.1 Å². The number of nitrogens with two attached hydrogens (primary N) is 1. The predicted molar refractivity (Wildman–Crippen MR) is 67.5 cm³/mol. The summed E-state index contributed by atoms with van der Waals surface area (Å²) in [5.74, 6) is -0.614. The standard InChI is InChI=1S/C13H17F3N2O/c1-2-3-4-7-19-11-6-5-9(12(17)18)8-10(11)13(14,15)16/h5-6,8H,2-4,7H2,1H3,(H3,17,18). The molecule has 0 saturated heterocycles. The molecule has 0 aromatic heterocycles. The molecule has 1 rings (SSSR count). The van der Waals surface area contributed by atoms with Gasteiger partial charge in [0.15, 0.2) is 0 Å². The van der Waals surface area contributed by atoms with E-state index in [1.807, 2.05) is 6.92 Å². The van der Waals surface area contributed by atoms with Gasteiger partial charge in [0.2, 0.25) is 0 Å². The van der Waals surface area contributed by atoms with E-state index in [0.29, 0.717) is 6.42 Å². The van der Waals surface area contributed by atoms with Gasteiger partial charge in [0.1, 0.15) is 11.6 Å². The van der Waals surface area contributed by atoms with E-state index in [4.69, 9.17) is 15.9 Å². The summed E-state index contributed by atoms with van der Waals surface area (Å²) in [4.78, 5) is 0. The fourth-order valence-electron chi connectivity index (χ4n) is 1.58. The smallest absolute Gasteiger partial charge is 0.419 e. The van der Waals surface area contributed by atoms with Crippen LogP contribution in [-0.4, -0.2) is 12.4 Å². The Balaban J connectivity index is 2.93. The van der Waals surface area contributed by atoms with Crippen molar-refractivity contribution in [2.45, 2.75) is 32.4 Å². The Labute approximate surface area is 110 Å². The van der Waals surface area contributed by atoms with Crippen LogP contribution in [0.3, 0.4) is 0 Å². The van der Waals surface area contributed by atoms with Crippen molar-refractivity contribution in [3.05, 3.63) is 29.3 Å². The van der Waals surface area contributed by atoms with E-state index in [2.05, 4.69) is 0 Å². The summed E-state index contributed by atoms with van der Waals surface area (Å²) in [6, 6.07) is 3.41. The Morgan fingerprint density at radius 3 is 2.53 bits per heavy atom. The number of alkyl halides is 3. The number of hydrogen-bond donors (Lipinski definition) is 2. The molecule has 0 heterocycles. The lowest BCUT2D eigenvalue weighted by Gasteiger charge is -2.15. The van der Waals surface area contributed by atoms with E-state index in [0.717, 1.165) is 18.9 Å². The highest BCUT2D eigenvalue weighted by Crippen LogP contribution is 2.36. The van der Waals surface area contributed by atoms with E-state index >= 15 is 0 Å². The lowest BCUT2D eigenvalue weighted by Crippen LogP contribution is -2.15. The zero-order valence-corrected chi connectivity index (χ0v) is 10.7. The number of halogens is 3. The summed E-state index contributed by atoms with van der Waals surface area (Å²) in [7, 11) is 0. The minimum absolute atomic E-state index is 0.0354. The van der Waals surface area contributed by atoms with E-state index < -0.39 is 17.6 Å². The van der Waals surface area contributed by atoms with Crippen molar-refractivity contribution in [3.63, 3.8) is 0 Å². The van der Waals surface area contributed by atoms with Gasteiger partial charge in [0.05, 0.1) is 12.2 Å². The monoisotopic (exact) mass is 274 g/mol. The predicted octanol–water partition coefficient (Wildman–Crippen LogP) is 3.56. The normalized spacial score (nSPS) is 11.4. The van der Waals surface area contributed by atoms with Gasteiger partial charge in [-0.3, -0.25) is 5.41 Å². The van der Waals surface area contributed by atoms with Crippen molar-refractivity contribution in [2.24, 2.45) is 5.73 Å². The molecule has 1 aromatic rings. The molecule has 0 amide bonds. The van der Waals surface area contributed by atoms with Crippen molar-refractivity contribution < 1.29 is 17.9 Å². The largest absolute Gasteiger partial charge is 0.493 e. The maximum atomic E-state index is 12.9. The molecule has 0 fully saturated rings. The molecule has 6 heteroatoms. The lowest BCUT2D eigenvalue weighted by molar-refractivity contribution is -0.139. The molecule has 0 bridgehead atoms. The van der Waals surface area contributed by atoms with E-state index in [1.54, 1.807) is 0 Å². The number of unbranched alkanes of at least 4 members (excludes halogenated alkanes) is 2. The van der Waals surface area contributed by atoms with E-state index in [-0.39, 0.29) is 17.9 Å². The third-order valence-electron chi connectivity index (χ3n) is 2.60. The summed E-state index contributed by atoms with van der Waals surface area (Å²) in [5, 5.41) is 7.17. The molecule has 1 aromatic carbocycles. The fraction of sp³-hybridized carbons (Fsp3) is 0.462. The van der Waals surface area contributed by atoms with E-state index in [9.17, 15) is 13.2 Å². The average molecular weight is 274 g/mol. The molecule has 106 valence electrons. The summed E-state index contributed by atoms with van der Waals surface area (Å²) < 4.78 is 43.8. The van der Waals surface area contributed by atoms with Gasteiger partial charge in [-0.15, -0.1) is 0 Å². The van der Waals surface area contributed by atoms with Crippen molar-refractivity contribution in [1.29, 1.82) is 5.41 Å². The van der Waals surface area contributed by atoms with Crippen LogP contribution in [0.4, 0.5) is 13.2 Å². The maximum absolute atomic E-state index is 12.9. The second-order valence-corrected chi connectivity index (χ2v) is 4.18. The number of benzene rings is 1. The first-order chi connectivity index (χ1) is 8.86. The van der Waals surface area contributed by atoms with Gasteiger partial charge in [0.25, 0.3) is 0 Å². The van der Waals surface area contributed by atoms with Crippen molar-refractivity contribution in [1.82, 2.24) is 0 Å².